The molecule has 450 valence electrons. The number of carbonyl (C=O) groups excluding carboxylic acids is 7. The van der Waals surface area contributed by atoms with Crippen molar-refractivity contribution >= 4 is 47.6 Å². The number of benzene rings is 2. The first kappa shape index (κ1) is 70.1. The van der Waals surface area contributed by atoms with Gasteiger partial charge in [0.15, 0.2) is 24.4 Å². The molecule has 0 saturated heterocycles. The molecule has 0 bridgehead atoms. The van der Waals surface area contributed by atoms with Crippen LogP contribution in [0, 0.1) is 11.8 Å². The van der Waals surface area contributed by atoms with Crippen molar-refractivity contribution < 1.29 is 71.2 Å². The van der Waals surface area contributed by atoms with Crippen molar-refractivity contribution in [3.63, 3.8) is 0 Å². The molecule has 3 amide bonds. The van der Waals surface area contributed by atoms with E-state index in [-0.39, 0.29) is 41.9 Å². The number of carboxylic acids is 1. The molecule has 19 heteroatoms. The molecule has 0 aliphatic rings. The maximum Gasteiger partial charge on any atom is 0.344 e. The lowest BCUT2D eigenvalue weighted by Gasteiger charge is -2.35. The van der Waals surface area contributed by atoms with E-state index in [9.17, 15) is 43.5 Å². The highest BCUT2D eigenvalue weighted by Crippen LogP contribution is 2.28. The summed E-state index contributed by atoms with van der Waals surface area (Å²) in [5.41, 5.74) is -1.40. The van der Waals surface area contributed by atoms with Gasteiger partial charge in [-0.1, -0.05) is 118 Å². The SMILES string of the molecule is CN[C@@H](CCC(C)C)C(=O)O[C@H](Cc1ccc(C(C)(C)C)cc1)C(=O)N(C)[C@@H](CC(C)(C)F)C(=O)O[C@H](C)C(=O)N(C)[C@@H](CC(C)C)C(=O)O[C@H](Cc1ccc(C(C)(C)C)cc1)C(=O)N(C)[C@@H](CC(C)(C)F)C(=O)O[C@H](C)C(=O)O. The van der Waals surface area contributed by atoms with E-state index >= 15 is 8.78 Å². The van der Waals surface area contributed by atoms with Crippen molar-refractivity contribution in [1.29, 1.82) is 0 Å². The lowest BCUT2D eigenvalue weighted by Crippen LogP contribution is -2.54. The van der Waals surface area contributed by atoms with E-state index < -0.39 is 120 Å². The third kappa shape index (κ3) is 22.5. The van der Waals surface area contributed by atoms with E-state index in [0.717, 1.165) is 32.8 Å². The van der Waals surface area contributed by atoms with Gasteiger partial charge < -0.3 is 44.1 Å². The van der Waals surface area contributed by atoms with E-state index in [0.29, 0.717) is 24.0 Å². The summed E-state index contributed by atoms with van der Waals surface area (Å²) in [7, 11) is 5.33. The van der Waals surface area contributed by atoms with Crippen molar-refractivity contribution in [1.82, 2.24) is 20.0 Å². The highest BCUT2D eigenvalue weighted by atomic mass is 19.1. The van der Waals surface area contributed by atoms with Crippen LogP contribution in [0.5, 0.6) is 0 Å². The highest BCUT2D eigenvalue weighted by molar-refractivity contribution is 5.93. The van der Waals surface area contributed by atoms with Gasteiger partial charge in [-0.05, 0) is 113 Å². The zero-order valence-electron chi connectivity index (χ0n) is 51.3. The topological polar surface area (TPSA) is 215 Å². The number of nitrogens with one attached hydrogen (secondary N) is 1. The van der Waals surface area contributed by atoms with E-state index in [2.05, 4.69) is 26.1 Å². The number of carbonyl (C=O) groups is 8. The number of likely N-dealkylation sites (N-methyl/N-ethyl adjacent to an activating group) is 4. The minimum Gasteiger partial charge on any atom is -0.479 e. The Labute approximate surface area is 474 Å². The fourth-order valence-electron chi connectivity index (χ4n) is 8.73. The maximum absolute atomic E-state index is 15.8. The van der Waals surface area contributed by atoms with Crippen molar-refractivity contribution in [2.24, 2.45) is 11.8 Å². The molecule has 0 aliphatic carbocycles. The van der Waals surface area contributed by atoms with Crippen LogP contribution in [0.15, 0.2) is 48.5 Å². The molecule has 0 aromatic heterocycles. The fraction of sp³-hybridized carbons (Fsp3) is 0.672. The zero-order valence-corrected chi connectivity index (χ0v) is 51.3. The van der Waals surface area contributed by atoms with Crippen LogP contribution < -0.4 is 5.32 Å². The molecular weight excluding hydrogens is 1030 g/mol. The first-order chi connectivity index (χ1) is 36.6. The van der Waals surface area contributed by atoms with Crippen LogP contribution in [0.4, 0.5) is 8.78 Å². The van der Waals surface area contributed by atoms with E-state index in [1.807, 2.05) is 71.0 Å². The lowest BCUT2D eigenvalue weighted by molar-refractivity contribution is -0.175. The summed E-state index contributed by atoms with van der Waals surface area (Å²) in [4.78, 5) is 114. The van der Waals surface area contributed by atoms with Gasteiger partial charge >= 0.3 is 29.8 Å². The quantitative estimate of drug-likeness (QED) is 0.0576. The van der Waals surface area contributed by atoms with Crippen LogP contribution in [0.2, 0.25) is 0 Å². The smallest absolute Gasteiger partial charge is 0.344 e. The average molecular weight is 1130 g/mol. The maximum atomic E-state index is 15.8. The standard InChI is InChI=1S/C61H94F2N4O13/c1-36(2)21-30-44(64-17)54(73)79-48(32-40-22-26-42(27-23-40)58(7,8)9)51(69)66(19)46(34-60(13,14)62)56(75)77-38(5)50(68)65(18)45(31-37(3)4)55(74)80-49(33-41-24-28-43(29-25-41)59(10,11)12)52(70)67(20)47(35-61(15,16)63)57(76)78-39(6)53(71)72/h22-29,36-39,44-49,64H,21,30-35H2,1-20H3,(H,71,72)/t38-,39-,44+,45+,46+,47+,48-,49-/m1/s1. The molecule has 2 aromatic rings. The molecule has 17 nitrogen and oxygen atoms in total. The lowest BCUT2D eigenvalue weighted by atomic mass is 9.86. The third-order valence-electron chi connectivity index (χ3n) is 13.8. The molecule has 2 rings (SSSR count). The van der Waals surface area contributed by atoms with Crippen LogP contribution in [0.3, 0.4) is 0 Å². The fourth-order valence-corrected chi connectivity index (χ4v) is 8.73. The Morgan fingerprint density at radius 2 is 0.850 bits per heavy atom. The van der Waals surface area contributed by atoms with Crippen LogP contribution in [0.25, 0.3) is 0 Å². The minimum absolute atomic E-state index is 0.0301. The molecule has 8 atom stereocenters. The van der Waals surface area contributed by atoms with E-state index in [1.54, 1.807) is 33.0 Å². The molecule has 0 radical (unpaired) electrons. The molecule has 0 fully saturated rings. The van der Waals surface area contributed by atoms with Crippen LogP contribution >= 0.6 is 0 Å². The molecule has 0 aliphatic heterocycles. The number of esters is 4. The number of rotatable bonds is 29. The second-order valence-electron chi connectivity index (χ2n) is 25.3. The van der Waals surface area contributed by atoms with Gasteiger partial charge in [-0.3, -0.25) is 19.2 Å². The predicted octanol–water partition coefficient (Wildman–Crippen LogP) is 8.67. The van der Waals surface area contributed by atoms with Crippen LogP contribution in [0.1, 0.15) is 165 Å². The summed E-state index contributed by atoms with van der Waals surface area (Å²) < 4.78 is 53.9. The van der Waals surface area contributed by atoms with Gasteiger partial charge in [0.05, 0.1) is 0 Å². The largest absolute Gasteiger partial charge is 0.479 e. The molecule has 2 aromatic carbocycles. The summed E-state index contributed by atoms with van der Waals surface area (Å²) in [6.45, 7) is 26.9. The van der Waals surface area contributed by atoms with Gasteiger partial charge in [0.1, 0.15) is 35.5 Å². The summed E-state index contributed by atoms with van der Waals surface area (Å²) in [6.07, 6.45) is -6.92. The molecule has 0 unspecified atom stereocenters. The number of amides is 3. The minimum atomic E-state index is -2.08. The van der Waals surface area contributed by atoms with E-state index in [1.165, 1.54) is 55.8 Å². The Balaban J connectivity index is 2.61. The average Bonchev–Trinajstić information content (AvgIpc) is 3.33. The number of aliphatic carboxylic acids is 1. The van der Waals surface area contributed by atoms with Gasteiger partial charge in [-0.15, -0.1) is 0 Å². The number of nitrogens with zero attached hydrogens (tertiary/aromatic N) is 3. The number of hydrogen-bond donors (Lipinski definition) is 2. The summed E-state index contributed by atoms with van der Waals surface area (Å²) in [6, 6.07) is 9.15. The van der Waals surface area contributed by atoms with Crippen molar-refractivity contribution in [2.75, 3.05) is 28.2 Å². The van der Waals surface area contributed by atoms with E-state index in [4.69, 9.17) is 18.9 Å². The predicted molar refractivity (Wildman–Crippen MR) is 302 cm³/mol. The van der Waals surface area contributed by atoms with Gasteiger partial charge in [0, 0.05) is 46.8 Å². The number of halogens is 2. The summed E-state index contributed by atoms with van der Waals surface area (Å²) in [5.74, 6) is -8.31. The molecular formula is C61H94F2N4O13. The van der Waals surface area contributed by atoms with Crippen LogP contribution in [-0.2, 0) is 81.0 Å². The van der Waals surface area contributed by atoms with Gasteiger partial charge in [-0.2, -0.15) is 0 Å². The molecule has 80 heavy (non-hydrogen) atoms. The Morgan fingerprint density at radius 3 is 1.18 bits per heavy atom. The summed E-state index contributed by atoms with van der Waals surface area (Å²) in [5, 5.41) is 12.4. The van der Waals surface area contributed by atoms with Crippen molar-refractivity contribution in [3.05, 3.63) is 70.8 Å². The second kappa shape index (κ2) is 29.7. The first-order valence-electron chi connectivity index (χ1n) is 27.7. The molecule has 2 N–H and O–H groups in total. The molecule has 0 saturated carbocycles. The third-order valence-corrected chi connectivity index (χ3v) is 13.8. The monoisotopic (exact) mass is 1130 g/mol. The zero-order chi connectivity index (χ0) is 61.6. The van der Waals surface area contributed by atoms with Gasteiger partial charge in [0.25, 0.3) is 17.7 Å². The Bertz CT molecular complexity index is 2400. The number of alkyl halides is 2. The van der Waals surface area contributed by atoms with Crippen molar-refractivity contribution in [2.45, 2.75) is 226 Å². The highest BCUT2D eigenvalue weighted by Gasteiger charge is 2.43. The normalized spacial score (nSPS) is 15.3. The number of hydrogen-bond acceptors (Lipinski definition) is 13. The van der Waals surface area contributed by atoms with Crippen molar-refractivity contribution in [3.8, 4) is 0 Å². The van der Waals surface area contributed by atoms with Gasteiger partial charge in [0.2, 0.25) is 0 Å². The number of carboxylic acid groups (broad SMARTS) is 1. The Kier molecular flexibility index (Phi) is 26.0. The Morgan fingerprint density at radius 1 is 0.500 bits per heavy atom. The molecule has 0 spiro atoms. The van der Waals surface area contributed by atoms with Crippen LogP contribution in [-0.4, -0.2) is 155 Å². The molecule has 0 heterocycles. The number of ether oxygens (including phenoxy) is 4. The van der Waals surface area contributed by atoms with Gasteiger partial charge in [-0.25, -0.2) is 28.0 Å². The Hall–Kier alpha value is -5.98. The second-order valence-corrected chi connectivity index (χ2v) is 25.3. The first-order valence-corrected chi connectivity index (χ1v) is 27.7. The summed E-state index contributed by atoms with van der Waals surface area (Å²) >= 11 is 0.